The van der Waals surface area contributed by atoms with Gasteiger partial charge in [0.1, 0.15) is 0 Å². The van der Waals surface area contributed by atoms with Crippen molar-refractivity contribution in [2.75, 3.05) is 18.5 Å². The van der Waals surface area contributed by atoms with Gasteiger partial charge in [0.25, 0.3) is 0 Å². The second kappa shape index (κ2) is 11.4. The molecular formula is C38H38N2. The molecule has 0 saturated carbocycles. The fraction of sp³-hybridized carbons (Fsp3) is 0.211. The number of hydrogen-bond acceptors (Lipinski definition) is 1. The van der Waals surface area contributed by atoms with Gasteiger partial charge in [-0.05, 0) is 85.1 Å². The minimum absolute atomic E-state index is 0.936. The molecule has 0 N–H and O–H groups in total. The lowest BCUT2D eigenvalue weighted by Crippen LogP contribution is -2.30. The summed E-state index contributed by atoms with van der Waals surface area (Å²) < 4.78 is 2.52. The van der Waals surface area contributed by atoms with E-state index >= 15 is 0 Å². The van der Waals surface area contributed by atoms with Gasteiger partial charge in [0, 0.05) is 35.2 Å². The number of aromatic nitrogens is 1. The van der Waals surface area contributed by atoms with Crippen LogP contribution in [0.3, 0.4) is 0 Å². The predicted molar refractivity (Wildman–Crippen MR) is 174 cm³/mol. The molecule has 40 heavy (non-hydrogen) atoms. The van der Waals surface area contributed by atoms with Crippen molar-refractivity contribution in [1.82, 2.24) is 4.57 Å². The van der Waals surface area contributed by atoms with Crippen molar-refractivity contribution < 1.29 is 0 Å². The van der Waals surface area contributed by atoms with Crippen molar-refractivity contribution in [2.24, 2.45) is 0 Å². The molecule has 0 aliphatic heterocycles. The first-order valence-electron chi connectivity index (χ1n) is 14.6. The Morgan fingerprint density at radius 1 is 0.900 bits per heavy atom. The summed E-state index contributed by atoms with van der Waals surface area (Å²) in [5, 5.41) is 4.03. The van der Waals surface area contributed by atoms with Gasteiger partial charge in [-0.25, -0.2) is 0 Å². The SMILES string of the molecule is C=CCCCN(C)c1c(C)ccc2c3c(n(-c4cccc(C5=CC(c6ccccc6)=CCC=C5)c4)c12)=CCCC=3. The number of anilines is 1. The molecular weight excluding hydrogens is 484 g/mol. The summed E-state index contributed by atoms with van der Waals surface area (Å²) in [5.41, 5.74) is 10.2. The first kappa shape index (κ1) is 26.0. The summed E-state index contributed by atoms with van der Waals surface area (Å²) in [6, 6.07) is 24.4. The summed E-state index contributed by atoms with van der Waals surface area (Å²) in [6.45, 7) is 7.18. The Bertz CT molecular complexity index is 1780. The van der Waals surface area contributed by atoms with Gasteiger partial charge in [-0.1, -0.05) is 91.1 Å². The molecule has 1 aromatic heterocycles. The van der Waals surface area contributed by atoms with E-state index in [0.717, 1.165) is 38.6 Å². The van der Waals surface area contributed by atoms with Crippen LogP contribution < -0.4 is 15.5 Å². The normalized spacial score (nSPS) is 14.4. The van der Waals surface area contributed by atoms with E-state index < -0.39 is 0 Å². The van der Waals surface area contributed by atoms with Crippen LogP contribution in [0.4, 0.5) is 5.69 Å². The van der Waals surface area contributed by atoms with E-state index in [2.05, 4.69) is 133 Å². The predicted octanol–water partition coefficient (Wildman–Crippen LogP) is 8.12. The second-order valence-electron chi connectivity index (χ2n) is 10.9. The van der Waals surface area contributed by atoms with Gasteiger partial charge in [0.2, 0.25) is 0 Å². The molecule has 200 valence electrons. The topological polar surface area (TPSA) is 8.17 Å². The lowest BCUT2D eigenvalue weighted by atomic mass is 9.99. The third-order valence-electron chi connectivity index (χ3n) is 8.15. The maximum absolute atomic E-state index is 3.93. The first-order chi connectivity index (χ1) is 19.7. The Kier molecular flexibility index (Phi) is 7.42. The summed E-state index contributed by atoms with van der Waals surface area (Å²) in [4.78, 5) is 2.44. The highest BCUT2D eigenvalue weighted by Crippen LogP contribution is 2.32. The second-order valence-corrected chi connectivity index (χ2v) is 10.9. The number of hydrogen-bond donors (Lipinski definition) is 0. The van der Waals surface area contributed by atoms with Gasteiger partial charge in [-0.15, -0.1) is 6.58 Å². The molecule has 2 aliphatic carbocycles. The Morgan fingerprint density at radius 3 is 2.58 bits per heavy atom. The van der Waals surface area contributed by atoms with E-state index in [4.69, 9.17) is 0 Å². The summed E-state index contributed by atoms with van der Waals surface area (Å²) in [5.74, 6) is 0. The molecule has 0 spiro atoms. The molecule has 0 radical (unpaired) electrons. The molecule has 0 bridgehead atoms. The Morgan fingerprint density at radius 2 is 1.73 bits per heavy atom. The Labute approximate surface area is 238 Å². The van der Waals surface area contributed by atoms with Crippen molar-refractivity contribution in [3.8, 4) is 5.69 Å². The van der Waals surface area contributed by atoms with Crippen molar-refractivity contribution in [3.63, 3.8) is 0 Å². The Hall–Kier alpha value is -4.30. The third kappa shape index (κ3) is 4.91. The van der Waals surface area contributed by atoms with Gasteiger partial charge < -0.3 is 9.47 Å². The number of benzene rings is 3. The highest BCUT2D eigenvalue weighted by molar-refractivity contribution is 5.96. The number of aryl methyl sites for hydroxylation is 1. The van der Waals surface area contributed by atoms with Crippen LogP contribution in [0.15, 0.2) is 104 Å². The minimum Gasteiger partial charge on any atom is -0.373 e. The molecule has 2 nitrogen and oxygen atoms in total. The van der Waals surface area contributed by atoms with Gasteiger partial charge in [-0.3, -0.25) is 0 Å². The third-order valence-corrected chi connectivity index (χ3v) is 8.15. The van der Waals surface area contributed by atoms with Gasteiger partial charge in [0.05, 0.1) is 11.2 Å². The molecule has 2 heteroatoms. The average molecular weight is 523 g/mol. The standard InChI is InChI=1S/C38H38N2/c1-4-5-13-25-39(3)37-28(2)23-24-35-34-21-11-12-22-36(34)40(38(35)37)33-20-14-19-32(27-33)31-18-10-9-17-30(26-31)29-15-7-6-8-16-29/h4,6-8,10,14-24,26-27H,1,5,9,11-13,25H2,2-3H3. The molecule has 0 atom stereocenters. The van der Waals surface area contributed by atoms with Crippen LogP contribution in [0.25, 0.3) is 39.9 Å². The molecule has 6 rings (SSSR count). The molecule has 0 fully saturated rings. The molecule has 0 unspecified atom stereocenters. The van der Waals surface area contributed by atoms with Gasteiger partial charge in [-0.2, -0.15) is 0 Å². The minimum atomic E-state index is 0.936. The monoisotopic (exact) mass is 522 g/mol. The lowest BCUT2D eigenvalue weighted by molar-refractivity contribution is 0.800. The van der Waals surface area contributed by atoms with E-state index in [0.29, 0.717) is 0 Å². The summed E-state index contributed by atoms with van der Waals surface area (Å²) in [6.07, 6.45) is 21.3. The fourth-order valence-electron chi connectivity index (χ4n) is 6.20. The number of nitrogens with zero attached hydrogens (tertiary/aromatic N) is 2. The fourth-order valence-corrected chi connectivity index (χ4v) is 6.20. The van der Waals surface area contributed by atoms with Crippen LogP contribution in [-0.2, 0) is 0 Å². The number of fused-ring (bicyclic) bond motifs is 3. The largest absolute Gasteiger partial charge is 0.373 e. The van der Waals surface area contributed by atoms with Crippen LogP contribution in [0.2, 0.25) is 0 Å². The smallest absolute Gasteiger partial charge is 0.0777 e. The van der Waals surface area contributed by atoms with Gasteiger partial charge in [0.15, 0.2) is 0 Å². The van der Waals surface area contributed by atoms with Crippen LogP contribution in [0.5, 0.6) is 0 Å². The van der Waals surface area contributed by atoms with E-state index in [1.807, 2.05) is 6.08 Å². The zero-order chi connectivity index (χ0) is 27.5. The van der Waals surface area contributed by atoms with Crippen molar-refractivity contribution >= 4 is 39.9 Å². The highest BCUT2D eigenvalue weighted by atomic mass is 15.1. The highest BCUT2D eigenvalue weighted by Gasteiger charge is 2.19. The zero-order valence-electron chi connectivity index (χ0n) is 23.7. The van der Waals surface area contributed by atoms with Crippen molar-refractivity contribution in [2.45, 2.75) is 39.0 Å². The number of rotatable bonds is 8. The average Bonchev–Trinajstić information content (AvgIpc) is 3.13. The number of unbranched alkanes of at least 4 members (excludes halogenated alkanes) is 1. The van der Waals surface area contributed by atoms with Gasteiger partial charge >= 0.3 is 0 Å². The van der Waals surface area contributed by atoms with E-state index in [1.54, 1.807) is 0 Å². The van der Waals surface area contributed by atoms with Crippen LogP contribution in [0.1, 0.15) is 48.8 Å². The molecule has 2 aliphatic rings. The van der Waals surface area contributed by atoms with Crippen molar-refractivity contribution in [3.05, 3.63) is 131 Å². The maximum atomic E-state index is 3.93. The van der Waals surface area contributed by atoms with Crippen molar-refractivity contribution in [1.29, 1.82) is 0 Å². The molecule has 4 aromatic rings. The van der Waals surface area contributed by atoms with Crippen LogP contribution in [-0.4, -0.2) is 18.2 Å². The van der Waals surface area contributed by atoms with Crippen LogP contribution >= 0.6 is 0 Å². The summed E-state index contributed by atoms with van der Waals surface area (Å²) in [7, 11) is 2.24. The molecule has 1 heterocycles. The number of allylic oxidation sites excluding steroid dienone is 7. The van der Waals surface area contributed by atoms with E-state index in [1.165, 1.54) is 60.7 Å². The molecule has 3 aromatic carbocycles. The molecule has 0 amide bonds. The summed E-state index contributed by atoms with van der Waals surface area (Å²) >= 11 is 0. The Balaban J connectivity index is 1.53. The molecule has 0 saturated heterocycles. The first-order valence-corrected chi connectivity index (χ1v) is 14.6. The lowest BCUT2D eigenvalue weighted by Gasteiger charge is -2.24. The zero-order valence-corrected chi connectivity index (χ0v) is 23.7. The quantitative estimate of drug-likeness (QED) is 0.168. The maximum Gasteiger partial charge on any atom is 0.0777 e. The van der Waals surface area contributed by atoms with E-state index in [-0.39, 0.29) is 0 Å². The van der Waals surface area contributed by atoms with Crippen LogP contribution in [0, 0.1) is 6.92 Å². The van der Waals surface area contributed by atoms with E-state index in [9.17, 15) is 0 Å².